The molecule has 0 aliphatic rings. The Kier molecular flexibility index (Phi) is 14.1. The molecule has 0 heterocycles. The lowest BCUT2D eigenvalue weighted by Gasteiger charge is -2.31. The Morgan fingerprint density at radius 3 is 1.76 bits per heavy atom. The first kappa shape index (κ1) is 36.2. The van der Waals surface area contributed by atoms with E-state index in [0.29, 0.717) is 34.8 Å². The number of carboxylic acids is 2. The zero-order valence-corrected chi connectivity index (χ0v) is 26.6. The van der Waals surface area contributed by atoms with Crippen molar-refractivity contribution in [3.8, 4) is 5.75 Å². The lowest BCUT2D eigenvalue weighted by Crippen LogP contribution is -2.35. The fourth-order valence-corrected chi connectivity index (χ4v) is 3.88. The maximum absolute atomic E-state index is 10.4. The van der Waals surface area contributed by atoms with Gasteiger partial charge in [-0.05, 0) is 46.2 Å². The Morgan fingerprint density at radius 2 is 1.34 bits per heavy atom. The molecule has 0 spiro atoms. The summed E-state index contributed by atoms with van der Waals surface area (Å²) in [6.07, 6.45) is 4.67. The Balaban J connectivity index is 0.000000915. The van der Waals surface area contributed by atoms with Crippen molar-refractivity contribution in [1.82, 2.24) is 5.32 Å². The molecule has 0 fully saturated rings. The second-order valence-electron chi connectivity index (χ2n) is 12.0. The number of nitrogens with one attached hydrogen (secondary N) is 1. The fraction of sp³-hybridized carbons (Fsp3) is 0.438. The molecular weight excluding hydrogens is 565 g/mol. The van der Waals surface area contributed by atoms with Gasteiger partial charge < -0.3 is 25.4 Å². The molecule has 0 radical (unpaired) electrons. The van der Waals surface area contributed by atoms with Gasteiger partial charge in [0.2, 0.25) is 0 Å². The number of hydrogen-bond acceptors (Lipinski definition) is 5. The molecule has 1 atom stereocenters. The van der Waals surface area contributed by atoms with Gasteiger partial charge in [0, 0.05) is 35.9 Å². The third-order valence-electron chi connectivity index (χ3n) is 5.69. The third-order valence-corrected chi connectivity index (χ3v) is 6.43. The van der Waals surface area contributed by atoms with Gasteiger partial charge in [-0.2, -0.15) is 0 Å². The van der Waals surface area contributed by atoms with E-state index in [9.17, 15) is 14.7 Å². The number of hydrogen-bond donors (Lipinski definition) is 4. The molecule has 0 amide bonds. The highest BCUT2D eigenvalue weighted by Crippen LogP contribution is 2.41. The number of aliphatic hydroxyl groups is 1. The van der Waals surface area contributed by atoms with Gasteiger partial charge in [-0.25, -0.2) is 9.59 Å². The number of carboxylic acid groups (broad SMARTS) is 2. The van der Waals surface area contributed by atoms with E-state index in [4.69, 9.17) is 38.2 Å². The van der Waals surface area contributed by atoms with Crippen LogP contribution in [-0.4, -0.2) is 52.6 Å². The van der Waals surface area contributed by atoms with Crippen molar-refractivity contribution in [2.75, 3.05) is 13.2 Å². The van der Waals surface area contributed by atoms with Crippen molar-refractivity contribution in [2.24, 2.45) is 0 Å². The summed E-state index contributed by atoms with van der Waals surface area (Å²) in [7, 11) is 0. The van der Waals surface area contributed by atoms with Crippen molar-refractivity contribution in [3.05, 3.63) is 74.8 Å². The molecule has 0 saturated heterocycles. The minimum absolute atomic E-state index is 0.135. The predicted octanol–water partition coefficient (Wildman–Crippen LogP) is 7.21. The van der Waals surface area contributed by atoms with E-state index in [-0.39, 0.29) is 17.4 Å². The van der Waals surface area contributed by atoms with Crippen molar-refractivity contribution >= 4 is 47.3 Å². The number of aliphatic hydroxyl groups excluding tert-OH is 1. The number of ether oxygens (including phenoxy) is 1. The first-order valence-corrected chi connectivity index (χ1v) is 14.1. The van der Waals surface area contributed by atoms with Crippen LogP contribution in [0, 0.1) is 0 Å². The maximum atomic E-state index is 10.4. The molecule has 1 unspecified atom stereocenters. The zero-order chi connectivity index (χ0) is 31.5. The number of benzene rings is 2. The lowest BCUT2D eigenvalue weighted by molar-refractivity contribution is -0.134. The van der Waals surface area contributed by atoms with Crippen LogP contribution in [0.25, 0.3) is 12.2 Å². The van der Waals surface area contributed by atoms with E-state index >= 15 is 0 Å². The summed E-state index contributed by atoms with van der Waals surface area (Å²) < 4.78 is 6.32. The van der Waals surface area contributed by atoms with Gasteiger partial charge in [-0.3, -0.25) is 0 Å². The molecule has 226 valence electrons. The lowest BCUT2D eigenvalue weighted by atomic mass is 9.78. The van der Waals surface area contributed by atoms with Crippen molar-refractivity contribution in [1.29, 1.82) is 0 Å². The highest BCUT2D eigenvalue weighted by atomic mass is 35.5. The Bertz CT molecular complexity index is 1190. The smallest absolute Gasteiger partial charge is 0.328 e. The second kappa shape index (κ2) is 16.0. The monoisotopic (exact) mass is 607 g/mol. The van der Waals surface area contributed by atoms with E-state index in [0.717, 1.165) is 28.0 Å². The van der Waals surface area contributed by atoms with Crippen LogP contribution in [0.1, 0.15) is 77.6 Å². The van der Waals surface area contributed by atoms with Crippen LogP contribution < -0.4 is 10.1 Å². The molecule has 2 aromatic rings. The number of carbonyl (C=O) groups is 2. The van der Waals surface area contributed by atoms with Crippen LogP contribution in [0.4, 0.5) is 0 Å². The molecule has 7 nitrogen and oxygen atoms in total. The Labute approximate surface area is 253 Å². The average Bonchev–Trinajstić information content (AvgIpc) is 2.84. The molecule has 0 aromatic heterocycles. The van der Waals surface area contributed by atoms with E-state index in [2.05, 4.69) is 78.9 Å². The number of rotatable bonds is 10. The summed E-state index contributed by atoms with van der Waals surface area (Å²) in [6.45, 7) is 18.0. The highest BCUT2D eigenvalue weighted by molar-refractivity contribution is 6.42. The van der Waals surface area contributed by atoms with E-state index in [1.54, 1.807) is 6.07 Å². The SMILES string of the molecule is CC(C)NCC(O)COc1c(C(C)(C)C)cc(/C=C/c2ccc(Cl)c(Cl)c2)cc1C(C)(C)C.O=C(O)/C=C\C(=O)O. The van der Waals surface area contributed by atoms with Gasteiger partial charge >= 0.3 is 11.9 Å². The molecular formula is C32H43Cl2NO6. The van der Waals surface area contributed by atoms with Gasteiger partial charge in [0.1, 0.15) is 18.5 Å². The number of halogens is 2. The van der Waals surface area contributed by atoms with Crippen LogP contribution in [0.2, 0.25) is 10.0 Å². The standard InChI is InChI=1S/C28H39Cl2NO2.C4H4O4/c1-18(2)31-16-21(32)17-33-26-22(27(3,4)5)13-20(14-23(26)28(6,7)8)10-9-19-11-12-24(29)25(30)15-19;5-3(6)1-2-4(7)8/h9-15,18,21,31-32H,16-17H2,1-8H3;1-2H,(H,5,6)(H,7,8)/b10-9+;2-1-. The van der Waals surface area contributed by atoms with E-state index < -0.39 is 18.0 Å². The fourth-order valence-electron chi connectivity index (χ4n) is 3.58. The summed E-state index contributed by atoms with van der Waals surface area (Å²) >= 11 is 12.2. The van der Waals surface area contributed by atoms with Crippen molar-refractivity contribution in [3.63, 3.8) is 0 Å². The molecule has 9 heteroatoms. The highest BCUT2D eigenvalue weighted by Gasteiger charge is 2.28. The maximum Gasteiger partial charge on any atom is 0.328 e. The predicted molar refractivity (Wildman–Crippen MR) is 168 cm³/mol. The van der Waals surface area contributed by atoms with E-state index in [1.807, 2.05) is 18.2 Å². The Morgan fingerprint density at radius 1 is 0.854 bits per heavy atom. The van der Waals surface area contributed by atoms with Crippen molar-refractivity contribution in [2.45, 2.75) is 78.4 Å². The molecule has 2 aromatic carbocycles. The first-order chi connectivity index (χ1) is 18.8. The van der Waals surface area contributed by atoms with Crippen LogP contribution >= 0.6 is 23.2 Å². The Hall–Kier alpha value is -2.84. The topological polar surface area (TPSA) is 116 Å². The molecule has 0 aliphatic carbocycles. The summed E-state index contributed by atoms with van der Waals surface area (Å²) in [5.74, 6) is -1.65. The minimum atomic E-state index is -1.26. The van der Waals surface area contributed by atoms with Gasteiger partial charge in [0.05, 0.1) is 10.0 Å². The summed E-state index contributed by atoms with van der Waals surface area (Å²) in [6, 6.07) is 10.3. The molecule has 41 heavy (non-hydrogen) atoms. The average molecular weight is 609 g/mol. The van der Waals surface area contributed by atoms with Crippen LogP contribution in [0.5, 0.6) is 5.75 Å². The van der Waals surface area contributed by atoms with Crippen LogP contribution in [0.3, 0.4) is 0 Å². The quantitative estimate of drug-likeness (QED) is 0.166. The summed E-state index contributed by atoms with van der Waals surface area (Å²) in [5.41, 5.74) is 4.04. The largest absolute Gasteiger partial charge is 0.490 e. The molecule has 2 rings (SSSR count). The van der Waals surface area contributed by atoms with E-state index in [1.165, 1.54) is 0 Å². The van der Waals surface area contributed by atoms with Gasteiger partial charge in [-0.15, -0.1) is 0 Å². The number of aliphatic carboxylic acids is 2. The van der Waals surface area contributed by atoms with Gasteiger partial charge in [0.15, 0.2) is 0 Å². The van der Waals surface area contributed by atoms with Crippen LogP contribution in [0.15, 0.2) is 42.5 Å². The zero-order valence-electron chi connectivity index (χ0n) is 25.1. The third kappa shape index (κ3) is 13.6. The minimum Gasteiger partial charge on any atom is -0.490 e. The summed E-state index contributed by atoms with van der Waals surface area (Å²) in [4.78, 5) is 19.1. The van der Waals surface area contributed by atoms with Crippen molar-refractivity contribution < 1.29 is 29.6 Å². The van der Waals surface area contributed by atoms with Crippen LogP contribution in [-0.2, 0) is 20.4 Å². The normalized spacial score (nSPS) is 12.9. The molecule has 0 bridgehead atoms. The molecule has 4 N–H and O–H groups in total. The van der Waals surface area contributed by atoms with Gasteiger partial charge in [0.25, 0.3) is 0 Å². The second-order valence-corrected chi connectivity index (χ2v) is 12.8. The van der Waals surface area contributed by atoms with Gasteiger partial charge in [-0.1, -0.05) is 96.8 Å². The molecule has 0 aliphatic heterocycles. The summed E-state index contributed by atoms with van der Waals surface area (Å²) in [5, 5.41) is 30.4. The first-order valence-electron chi connectivity index (χ1n) is 13.3. The molecule has 0 saturated carbocycles.